The molecule has 0 N–H and O–H groups in total. The van der Waals surface area contributed by atoms with Gasteiger partial charge in [0.2, 0.25) is 0 Å². The molecule has 0 aliphatic carbocycles. The van der Waals surface area contributed by atoms with Crippen LogP contribution in [0.5, 0.6) is 5.75 Å². The highest BCUT2D eigenvalue weighted by Crippen LogP contribution is 2.33. The minimum atomic E-state index is -0.918. The van der Waals surface area contributed by atoms with Crippen LogP contribution in [0.4, 0.5) is 11.4 Å². The van der Waals surface area contributed by atoms with Gasteiger partial charge in [-0.3, -0.25) is 20.2 Å². The summed E-state index contributed by atoms with van der Waals surface area (Å²) in [6.07, 6.45) is 0. The zero-order chi connectivity index (χ0) is 12.3. The van der Waals surface area contributed by atoms with Crippen molar-refractivity contribution < 1.29 is 14.6 Å². The van der Waals surface area contributed by atoms with Gasteiger partial charge in [-0.2, -0.15) is 5.26 Å². The third kappa shape index (κ3) is 1.88. The van der Waals surface area contributed by atoms with Crippen molar-refractivity contribution >= 4 is 11.4 Å². The Labute approximate surface area is 89.0 Å². The maximum atomic E-state index is 10.6. The number of nitro benzene ring substituents is 2. The van der Waals surface area contributed by atoms with Crippen LogP contribution in [0.15, 0.2) is 12.1 Å². The van der Waals surface area contributed by atoms with E-state index in [0.29, 0.717) is 0 Å². The third-order valence-corrected chi connectivity index (χ3v) is 1.81. The normalized spacial score (nSPS) is 9.25. The molecule has 0 saturated carbocycles. The number of nitrogens with zero attached hydrogens (tertiary/aromatic N) is 3. The molecule has 1 aromatic rings. The Hall–Kier alpha value is -2.69. The molecule has 0 saturated heterocycles. The van der Waals surface area contributed by atoms with E-state index in [1.165, 1.54) is 7.11 Å². The van der Waals surface area contributed by atoms with Crippen LogP contribution < -0.4 is 4.74 Å². The van der Waals surface area contributed by atoms with Crippen LogP contribution >= 0.6 is 0 Å². The molecule has 0 aromatic heterocycles. The Balaban J connectivity index is 3.55. The summed E-state index contributed by atoms with van der Waals surface area (Å²) in [5.74, 6) is -0.0696. The Bertz CT molecular complexity index is 505. The largest absolute Gasteiger partial charge is 0.495 e. The van der Waals surface area contributed by atoms with Gasteiger partial charge in [0.25, 0.3) is 0 Å². The van der Waals surface area contributed by atoms with Crippen LogP contribution in [0.25, 0.3) is 0 Å². The van der Waals surface area contributed by atoms with Crippen molar-refractivity contribution in [3.8, 4) is 11.8 Å². The lowest BCUT2D eigenvalue weighted by Gasteiger charge is -2.02. The summed E-state index contributed by atoms with van der Waals surface area (Å²) in [6.45, 7) is 0. The molecule has 0 amide bonds. The van der Waals surface area contributed by atoms with Crippen LogP contribution in [0.2, 0.25) is 0 Å². The van der Waals surface area contributed by atoms with E-state index < -0.39 is 21.2 Å². The summed E-state index contributed by atoms with van der Waals surface area (Å²) >= 11 is 0. The molecule has 0 fully saturated rings. The molecule has 82 valence electrons. The molecule has 0 spiro atoms. The molecular weight excluding hydrogens is 218 g/mol. The number of methoxy groups -OCH3 is 1. The molecule has 8 heteroatoms. The Morgan fingerprint density at radius 1 is 1.25 bits per heavy atom. The van der Waals surface area contributed by atoms with Gasteiger partial charge < -0.3 is 4.74 Å². The summed E-state index contributed by atoms with van der Waals surface area (Å²) in [5.41, 5.74) is -1.57. The molecule has 1 rings (SSSR count). The number of hydrogen-bond acceptors (Lipinski definition) is 6. The number of ether oxygens (including phenoxy) is 1. The van der Waals surface area contributed by atoms with E-state index in [-0.39, 0.29) is 11.3 Å². The molecule has 0 radical (unpaired) electrons. The Morgan fingerprint density at radius 2 is 1.75 bits per heavy atom. The minimum absolute atomic E-state index is 0.0696. The lowest BCUT2D eigenvalue weighted by molar-refractivity contribution is -0.422. The van der Waals surface area contributed by atoms with Gasteiger partial charge in [0.05, 0.1) is 23.0 Å². The highest BCUT2D eigenvalue weighted by atomic mass is 16.6. The zero-order valence-electron chi connectivity index (χ0n) is 8.04. The first-order valence-corrected chi connectivity index (χ1v) is 3.92. The molecule has 0 heterocycles. The van der Waals surface area contributed by atoms with Gasteiger partial charge in [0, 0.05) is 6.07 Å². The summed E-state index contributed by atoms with van der Waals surface area (Å²) in [7, 11) is 1.21. The quantitative estimate of drug-likeness (QED) is 0.563. The molecule has 8 nitrogen and oxygen atoms in total. The summed E-state index contributed by atoms with van der Waals surface area (Å²) < 4.78 is 4.71. The van der Waals surface area contributed by atoms with Crippen LogP contribution in [0.1, 0.15) is 5.56 Å². The number of nitro groups is 2. The van der Waals surface area contributed by atoms with Crippen molar-refractivity contribution in [3.05, 3.63) is 37.9 Å². The van der Waals surface area contributed by atoms with Gasteiger partial charge in [0.1, 0.15) is 17.4 Å². The van der Waals surface area contributed by atoms with Crippen LogP contribution in [-0.4, -0.2) is 17.0 Å². The number of hydrogen-bond donors (Lipinski definition) is 0. The summed E-state index contributed by atoms with van der Waals surface area (Å²) in [6, 6.07) is 3.33. The van der Waals surface area contributed by atoms with Gasteiger partial charge in [-0.1, -0.05) is 0 Å². The predicted molar refractivity (Wildman–Crippen MR) is 51.0 cm³/mol. The van der Waals surface area contributed by atoms with E-state index >= 15 is 0 Å². The molecule has 1 aromatic carbocycles. The summed E-state index contributed by atoms with van der Waals surface area (Å²) in [5, 5.41) is 29.8. The highest BCUT2D eigenvalue weighted by Gasteiger charge is 2.27. The first-order chi connectivity index (χ1) is 7.51. The molecule has 0 unspecified atom stereocenters. The van der Waals surface area contributed by atoms with Crippen molar-refractivity contribution in [2.75, 3.05) is 7.11 Å². The standard InChI is InChI=1S/C8H5N3O5/c1-16-8-3-7(11(14)15)6(10(12)13)2-5(8)4-9/h2-3H,1H3. The number of nitriles is 1. The fraction of sp³-hybridized carbons (Fsp3) is 0.125. The van der Waals surface area contributed by atoms with Crippen molar-refractivity contribution in [2.24, 2.45) is 0 Å². The van der Waals surface area contributed by atoms with E-state index in [1.54, 1.807) is 6.07 Å². The van der Waals surface area contributed by atoms with E-state index in [2.05, 4.69) is 0 Å². The molecule has 16 heavy (non-hydrogen) atoms. The van der Waals surface area contributed by atoms with E-state index in [0.717, 1.165) is 12.1 Å². The Kier molecular flexibility index (Phi) is 3.00. The van der Waals surface area contributed by atoms with Gasteiger partial charge in [0.15, 0.2) is 0 Å². The topological polar surface area (TPSA) is 119 Å². The van der Waals surface area contributed by atoms with Crippen LogP contribution in [0, 0.1) is 31.6 Å². The first kappa shape index (κ1) is 11.4. The van der Waals surface area contributed by atoms with Gasteiger partial charge in [-0.05, 0) is 0 Å². The molecule has 0 atom stereocenters. The molecule has 0 bridgehead atoms. The van der Waals surface area contributed by atoms with Gasteiger partial charge >= 0.3 is 11.4 Å². The Morgan fingerprint density at radius 3 is 2.12 bits per heavy atom. The van der Waals surface area contributed by atoms with Crippen molar-refractivity contribution in [1.29, 1.82) is 5.26 Å². The van der Waals surface area contributed by atoms with Crippen molar-refractivity contribution in [1.82, 2.24) is 0 Å². The number of rotatable bonds is 3. The highest BCUT2D eigenvalue weighted by molar-refractivity contribution is 5.62. The first-order valence-electron chi connectivity index (χ1n) is 3.92. The van der Waals surface area contributed by atoms with Crippen molar-refractivity contribution in [3.63, 3.8) is 0 Å². The average Bonchev–Trinajstić information content (AvgIpc) is 2.26. The summed E-state index contributed by atoms with van der Waals surface area (Å²) in [4.78, 5) is 19.3. The number of benzene rings is 1. The molecule has 0 aliphatic rings. The predicted octanol–water partition coefficient (Wildman–Crippen LogP) is 1.38. The van der Waals surface area contributed by atoms with E-state index in [1.807, 2.05) is 0 Å². The van der Waals surface area contributed by atoms with Crippen molar-refractivity contribution in [2.45, 2.75) is 0 Å². The van der Waals surface area contributed by atoms with Gasteiger partial charge in [-0.15, -0.1) is 0 Å². The zero-order valence-corrected chi connectivity index (χ0v) is 8.04. The van der Waals surface area contributed by atoms with Gasteiger partial charge in [-0.25, -0.2) is 0 Å². The van der Waals surface area contributed by atoms with Crippen LogP contribution in [-0.2, 0) is 0 Å². The smallest absolute Gasteiger partial charge is 0.349 e. The molecular formula is C8H5N3O5. The lowest BCUT2D eigenvalue weighted by Crippen LogP contribution is -1.99. The third-order valence-electron chi connectivity index (χ3n) is 1.81. The maximum Gasteiger partial charge on any atom is 0.349 e. The monoisotopic (exact) mass is 223 g/mol. The second kappa shape index (κ2) is 4.22. The average molecular weight is 223 g/mol. The fourth-order valence-electron chi connectivity index (χ4n) is 1.11. The minimum Gasteiger partial charge on any atom is -0.495 e. The maximum absolute atomic E-state index is 10.6. The fourth-order valence-corrected chi connectivity index (χ4v) is 1.11. The van der Waals surface area contributed by atoms with E-state index in [4.69, 9.17) is 10.00 Å². The molecule has 0 aliphatic heterocycles. The second-order valence-corrected chi connectivity index (χ2v) is 2.67. The SMILES string of the molecule is COc1cc([N+](=O)[O-])c([N+](=O)[O-])cc1C#N. The second-order valence-electron chi connectivity index (χ2n) is 2.67. The van der Waals surface area contributed by atoms with Crippen LogP contribution in [0.3, 0.4) is 0 Å². The lowest BCUT2D eigenvalue weighted by atomic mass is 10.1. The van der Waals surface area contributed by atoms with E-state index in [9.17, 15) is 20.2 Å².